The number of phenolic OH excluding ortho intramolecular Hbond substituents is 1. The molecule has 9 heteroatoms. The van der Waals surface area contributed by atoms with Crippen molar-refractivity contribution < 1.29 is 29.0 Å². The van der Waals surface area contributed by atoms with E-state index >= 15 is 0 Å². The molecular formula is C30H30FN2O5P. The fourth-order valence-corrected chi connectivity index (χ4v) is 5.71. The van der Waals surface area contributed by atoms with Gasteiger partial charge >= 0.3 is 7.60 Å². The van der Waals surface area contributed by atoms with E-state index in [1.807, 2.05) is 42.5 Å². The third-order valence-electron chi connectivity index (χ3n) is 7.22. The Balaban J connectivity index is 1.41. The minimum Gasteiger partial charge on any atom is -0.508 e. The molecule has 4 aromatic carbocycles. The van der Waals surface area contributed by atoms with Crippen LogP contribution in [-0.4, -0.2) is 32.7 Å². The second-order valence-electron chi connectivity index (χ2n) is 9.73. The molecule has 0 bridgehead atoms. The smallest absolute Gasteiger partial charge is 0.356 e. The van der Waals surface area contributed by atoms with E-state index in [0.29, 0.717) is 30.6 Å². The largest absolute Gasteiger partial charge is 0.508 e. The van der Waals surface area contributed by atoms with Crippen molar-refractivity contribution in [3.63, 3.8) is 0 Å². The maximum atomic E-state index is 13.3. The van der Waals surface area contributed by atoms with Gasteiger partial charge in [0.1, 0.15) is 11.6 Å². The molecule has 3 atom stereocenters. The van der Waals surface area contributed by atoms with Gasteiger partial charge in [-0.15, -0.1) is 0 Å². The van der Waals surface area contributed by atoms with Gasteiger partial charge in [-0.25, -0.2) is 4.39 Å². The van der Waals surface area contributed by atoms with Gasteiger partial charge in [-0.2, -0.15) is 0 Å². The second kappa shape index (κ2) is 11.3. The molecule has 0 unspecified atom stereocenters. The minimum absolute atomic E-state index is 0.0618. The van der Waals surface area contributed by atoms with Crippen LogP contribution in [0.1, 0.15) is 36.1 Å². The summed E-state index contributed by atoms with van der Waals surface area (Å²) >= 11 is 0. The van der Waals surface area contributed by atoms with E-state index in [9.17, 15) is 29.0 Å². The van der Waals surface area contributed by atoms with Crippen LogP contribution in [0.3, 0.4) is 0 Å². The van der Waals surface area contributed by atoms with Crippen molar-refractivity contribution in [1.29, 1.82) is 0 Å². The van der Waals surface area contributed by atoms with Crippen LogP contribution < -0.4 is 15.5 Å². The van der Waals surface area contributed by atoms with Crippen LogP contribution >= 0.6 is 7.60 Å². The van der Waals surface area contributed by atoms with Crippen LogP contribution in [0.25, 0.3) is 11.1 Å². The summed E-state index contributed by atoms with van der Waals surface area (Å²) in [7, 11) is -4.34. The number of benzene rings is 4. The molecule has 5 N–H and O–H groups in total. The van der Waals surface area contributed by atoms with Gasteiger partial charge in [-0.3, -0.25) is 9.88 Å². The number of hydrogen-bond donors (Lipinski definition) is 5. The molecule has 1 aliphatic heterocycles. The van der Waals surface area contributed by atoms with Gasteiger partial charge in [-0.1, -0.05) is 54.6 Å². The molecule has 202 valence electrons. The summed E-state index contributed by atoms with van der Waals surface area (Å²) in [5.41, 5.74) is 3.81. The number of nitrogens with one attached hydrogen (secondary N) is 1. The Morgan fingerprint density at radius 2 is 1.59 bits per heavy atom. The fourth-order valence-electron chi connectivity index (χ4n) is 5.17. The summed E-state index contributed by atoms with van der Waals surface area (Å²) in [6, 6.07) is 26.9. The summed E-state index contributed by atoms with van der Waals surface area (Å²) in [6.45, 7) is 0.553. The Labute approximate surface area is 226 Å². The normalized spacial score (nSPS) is 18.3. The highest BCUT2D eigenvalue weighted by molar-refractivity contribution is 7.60. The lowest BCUT2D eigenvalue weighted by Gasteiger charge is -2.30. The van der Waals surface area contributed by atoms with E-state index in [1.165, 1.54) is 24.3 Å². The predicted octanol–water partition coefficient (Wildman–Crippen LogP) is 4.99. The molecule has 0 aromatic heterocycles. The SMILES string of the molecule is O=P(O)(O)c1ccc(-c2ccc([C@@H]3[C@H](CC[C@H](O)c4ccc(F)cc4)NCN3c3ccccc3)c(O)c2)cc1. The maximum absolute atomic E-state index is 13.3. The Kier molecular flexibility index (Phi) is 7.84. The van der Waals surface area contributed by atoms with Gasteiger partial charge in [0.05, 0.1) is 24.1 Å². The molecular weight excluding hydrogens is 518 g/mol. The van der Waals surface area contributed by atoms with E-state index in [0.717, 1.165) is 16.8 Å². The standard InChI is InChI=1S/C30H30FN2O5P/c31-23-11-6-21(7-12-23)28(34)17-16-27-30(33(19-32-27)24-4-2-1-3-5-24)26-15-10-22(18-29(26)35)20-8-13-25(14-9-20)39(36,37)38/h1-15,18,27-28,30,32,34-35H,16-17,19H2,(H2,36,37,38)/t27-,28-,30+/m0/s1. The summed E-state index contributed by atoms with van der Waals surface area (Å²) < 4.78 is 24.8. The molecule has 1 aliphatic rings. The number of nitrogens with zero attached hydrogens (tertiary/aromatic N) is 1. The summed E-state index contributed by atoms with van der Waals surface area (Å²) in [5, 5.41) is 25.4. The molecule has 39 heavy (non-hydrogen) atoms. The zero-order chi connectivity index (χ0) is 27.6. The zero-order valence-corrected chi connectivity index (χ0v) is 22.0. The lowest BCUT2D eigenvalue weighted by Crippen LogP contribution is -2.29. The van der Waals surface area contributed by atoms with Crippen molar-refractivity contribution in [2.75, 3.05) is 11.6 Å². The summed E-state index contributed by atoms with van der Waals surface area (Å²) in [6.07, 6.45) is 0.316. The van der Waals surface area contributed by atoms with Crippen LogP contribution in [-0.2, 0) is 4.57 Å². The van der Waals surface area contributed by atoms with E-state index < -0.39 is 13.7 Å². The van der Waals surface area contributed by atoms with Gasteiger partial charge in [0, 0.05) is 17.3 Å². The van der Waals surface area contributed by atoms with Crippen LogP contribution in [0.4, 0.5) is 10.1 Å². The number of hydrogen-bond acceptors (Lipinski definition) is 5. The lowest BCUT2D eigenvalue weighted by molar-refractivity contribution is 0.159. The van der Waals surface area contributed by atoms with E-state index in [1.54, 1.807) is 30.3 Å². The molecule has 1 heterocycles. The first-order chi connectivity index (χ1) is 18.7. The number of aromatic hydroxyl groups is 1. The first kappa shape index (κ1) is 27.1. The van der Waals surface area contributed by atoms with Crippen LogP contribution in [0.5, 0.6) is 5.75 Å². The number of para-hydroxylation sites is 1. The molecule has 0 spiro atoms. The first-order valence-corrected chi connectivity index (χ1v) is 14.3. The van der Waals surface area contributed by atoms with Crippen molar-refractivity contribution in [3.05, 3.63) is 114 Å². The number of halogens is 1. The second-order valence-corrected chi connectivity index (χ2v) is 11.3. The topological polar surface area (TPSA) is 113 Å². The zero-order valence-electron chi connectivity index (χ0n) is 21.1. The number of aliphatic hydroxyl groups is 1. The maximum Gasteiger partial charge on any atom is 0.356 e. The molecule has 0 saturated carbocycles. The highest BCUT2D eigenvalue weighted by Crippen LogP contribution is 2.41. The predicted molar refractivity (Wildman–Crippen MR) is 149 cm³/mol. The highest BCUT2D eigenvalue weighted by atomic mass is 31.2. The minimum atomic E-state index is -4.34. The van der Waals surface area contributed by atoms with Gasteiger partial charge in [0.25, 0.3) is 0 Å². The third kappa shape index (κ3) is 6.06. The van der Waals surface area contributed by atoms with Crippen molar-refractivity contribution in [2.24, 2.45) is 0 Å². The van der Waals surface area contributed by atoms with Gasteiger partial charge in [0.2, 0.25) is 0 Å². The summed E-state index contributed by atoms with van der Waals surface area (Å²) in [5.74, 6) is -0.246. The van der Waals surface area contributed by atoms with Gasteiger partial charge in [0.15, 0.2) is 0 Å². The number of rotatable bonds is 8. The number of phenols is 1. The van der Waals surface area contributed by atoms with Gasteiger partial charge in [-0.05, 0) is 72.0 Å². The lowest BCUT2D eigenvalue weighted by atomic mass is 9.91. The summed E-state index contributed by atoms with van der Waals surface area (Å²) in [4.78, 5) is 20.9. The Morgan fingerprint density at radius 3 is 2.23 bits per heavy atom. The highest BCUT2D eigenvalue weighted by Gasteiger charge is 2.37. The van der Waals surface area contributed by atoms with Crippen molar-refractivity contribution in [2.45, 2.75) is 31.0 Å². The molecule has 1 saturated heterocycles. The molecule has 5 rings (SSSR count). The van der Waals surface area contributed by atoms with Crippen molar-refractivity contribution in [1.82, 2.24) is 5.32 Å². The van der Waals surface area contributed by atoms with Crippen molar-refractivity contribution >= 4 is 18.6 Å². The van der Waals surface area contributed by atoms with Crippen LogP contribution in [0.15, 0.2) is 97.1 Å². The molecule has 0 radical (unpaired) electrons. The first-order valence-electron chi connectivity index (χ1n) is 12.7. The molecule has 7 nitrogen and oxygen atoms in total. The Hall–Kier alpha value is -3.52. The number of aliphatic hydroxyl groups excluding tert-OH is 1. The molecule has 1 fully saturated rings. The van der Waals surface area contributed by atoms with E-state index in [2.05, 4.69) is 10.2 Å². The molecule has 0 aliphatic carbocycles. The average Bonchev–Trinajstić information content (AvgIpc) is 3.36. The number of anilines is 1. The van der Waals surface area contributed by atoms with Crippen LogP contribution in [0, 0.1) is 5.82 Å². The average molecular weight is 549 g/mol. The van der Waals surface area contributed by atoms with E-state index in [4.69, 9.17) is 0 Å². The van der Waals surface area contributed by atoms with E-state index in [-0.39, 0.29) is 29.0 Å². The molecule has 0 amide bonds. The van der Waals surface area contributed by atoms with Gasteiger partial charge < -0.3 is 24.9 Å². The quantitative estimate of drug-likeness (QED) is 0.197. The Bertz CT molecular complexity index is 1460. The molecule has 4 aromatic rings. The monoisotopic (exact) mass is 548 g/mol. The third-order valence-corrected chi connectivity index (χ3v) is 8.19. The fraction of sp³-hybridized carbons (Fsp3) is 0.200. The Morgan fingerprint density at radius 1 is 0.923 bits per heavy atom. The van der Waals surface area contributed by atoms with Crippen molar-refractivity contribution in [3.8, 4) is 16.9 Å². The van der Waals surface area contributed by atoms with Crippen LogP contribution in [0.2, 0.25) is 0 Å².